The molecule has 0 bridgehead atoms. The molecule has 1 aliphatic heterocycles. The van der Waals surface area contributed by atoms with Gasteiger partial charge in [-0.2, -0.15) is 0 Å². The number of likely N-dealkylation sites (tertiary alicyclic amines) is 1. The molecule has 0 aliphatic carbocycles. The van der Waals surface area contributed by atoms with Crippen LogP contribution in [0.15, 0.2) is 46.9 Å². The minimum Gasteiger partial charge on any atom is -0.493 e. The lowest BCUT2D eigenvalue weighted by Gasteiger charge is -2.26. The molecule has 0 spiro atoms. The van der Waals surface area contributed by atoms with Crippen LogP contribution in [0.1, 0.15) is 60.2 Å². The van der Waals surface area contributed by atoms with Gasteiger partial charge in [0.25, 0.3) is 11.8 Å². The summed E-state index contributed by atoms with van der Waals surface area (Å²) in [6.45, 7) is 6.48. The largest absolute Gasteiger partial charge is 0.493 e. The number of hydrogen-bond donors (Lipinski definition) is 1. The van der Waals surface area contributed by atoms with E-state index in [1.165, 1.54) is 6.42 Å². The van der Waals surface area contributed by atoms with Crippen molar-refractivity contribution < 1.29 is 14.3 Å². The molecule has 1 aliphatic rings. The topological polar surface area (TPSA) is 58.6 Å². The van der Waals surface area contributed by atoms with Crippen LogP contribution < -0.4 is 10.1 Å². The zero-order valence-electron chi connectivity index (χ0n) is 17.6. The van der Waals surface area contributed by atoms with Crippen LogP contribution in [0.2, 0.25) is 0 Å². The second-order valence-electron chi connectivity index (χ2n) is 8.06. The molecule has 2 aromatic carbocycles. The fraction of sp³-hybridized carbons (Fsp3) is 0.417. The van der Waals surface area contributed by atoms with Gasteiger partial charge in [-0.3, -0.25) is 9.59 Å². The van der Waals surface area contributed by atoms with Crippen molar-refractivity contribution in [2.75, 3.05) is 25.0 Å². The molecule has 0 aromatic heterocycles. The van der Waals surface area contributed by atoms with Crippen LogP contribution in [0, 0.1) is 5.92 Å². The molecule has 0 radical (unpaired) electrons. The Morgan fingerprint density at radius 2 is 1.77 bits per heavy atom. The van der Waals surface area contributed by atoms with Gasteiger partial charge in [0.2, 0.25) is 0 Å². The highest BCUT2D eigenvalue weighted by Crippen LogP contribution is 2.25. The molecule has 0 atom stereocenters. The van der Waals surface area contributed by atoms with E-state index in [-0.39, 0.29) is 11.8 Å². The van der Waals surface area contributed by atoms with Gasteiger partial charge in [-0.05, 0) is 74.1 Å². The van der Waals surface area contributed by atoms with Gasteiger partial charge in [-0.25, -0.2) is 0 Å². The summed E-state index contributed by atoms with van der Waals surface area (Å²) < 4.78 is 6.66. The predicted octanol–water partition coefficient (Wildman–Crippen LogP) is 5.75. The minimum absolute atomic E-state index is 0.0559. The normalized spacial score (nSPS) is 13.9. The highest BCUT2D eigenvalue weighted by molar-refractivity contribution is 9.10. The van der Waals surface area contributed by atoms with Gasteiger partial charge in [0, 0.05) is 28.8 Å². The molecule has 2 amide bonds. The third-order valence-electron chi connectivity index (χ3n) is 5.17. The van der Waals surface area contributed by atoms with Crippen LogP contribution in [0.4, 0.5) is 5.69 Å². The maximum Gasteiger partial charge on any atom is 0.259 e. The second kappa shape index (κ2) is 10.6. The number of hydrogen-bond acceptors (Lipinski definition) is 3. The molecule has 1 heterocycles. The number of halogens is 1. The maximum absolute atomic E-state index is 12.9. The Bertz CT molecular complexity index is 875. The first kappa shape index (κ1) is 22.3. The maximum atomic E-state index is 12.9. The number of rotatable bonds is 7. The monoisotopic (exact) mass is 472 g/mol. The Hall–Kier alpha value is -2.34. The van der Waals surface area contributed by atoms with Crippen LogP contribution in [0.25, 0.3) is 0 Å². The standard InChI is InChI=1S/C24H29BrN2O3/c1-17(2)12-15-30-22-11-8-19(25)16-21(22)23(28)26-20-9-6-18(7-10-20)24(29)27-13-4-3-5-14-27/h6-11,16-17H,3-5,12-15H2,1-2H3,(H,26,28). The van der Waals surface area contributed by atoms with E-state index in [2.05, 4.69) is 35.1 Å². The molecule has 0 saturated carbocycles. The fourth-order valence-electron chi connectivity index (χ4n) is 3.38. The van der Waals surface area contributed by atoms with E-state index in [0.717, 1.165) is 36.8 Å². The lowest BCUT2D eigenvalue weighted by atomic mass is 10.1. The third-order valence-corrected chi connectivity index (χ3v) is 5.67. The van der Waals surface area contributed by atoms with Crippen LogP contribution >= 0.6 is 15.9 Å². The summed E-state index contributed by atoms with van der Waals surface area (Å²) >= 11 is 3.43. The van der Waals surface area contributed by atoms with Crippen molar-refractivity contribution in [3.05, 3.63) is 58.1 Å². The first-order valence-electron chi connectivity index (χ1n) is 10.6. The number of benzene rings is 2. The summed E-state index contributed by atoms with van der Waals surface area (Å²) in [5.74, 6) is 0.906. The summed E-state index contributed by atoms with van der Waals surface area (Å²) in [6, 6.07) is 12.5. The highest BCUT2D eigenvalue weighted by Gasteiger charge is 2.18. The van der Waals surface area contributed by atoms with E-state index in [4.69, 9.17) is 4.74 Å². The van der Waals surface area contributed by atoms with Gasteiger partial charge in [0.15, 0.2) is 0 Å². The van der Waals surface area contributed by atoms with Gasteiger partial charge < -0.3 is 15.0 Å². The Labute approximate surface area is 186 Å². The van der Waals surface area contributed by atoms with Gasteiger partial charge in [0.1, 0.15) is 5.75 Å². The number of carbonyl (C=O) groups excluding carboxylic acids is 2. The van der Waals surface area contributed by atoms with Crippen molar-refractivity contribution in [3.63, 3.8) is 0 Å². The minimum atomic E-state index is -0.244. The molecule has 5 nitrogen and oxygen atoms in total. The lowest BCUT2D eigenvalue weighted by Crippen LogP contribution is -2.35. The van der Waals surface area contributed by atoms with Crippen molar-refractivity contribution in [3.8, 4) is 5.75 Å². The average Bonchev–Trinajstić information content (AvgIpc) is 2.75. The number of ether oxygens (including phenoxy) is 1. The summed E-state index contributed by atoms with van der Waals surface area (Å²) in [7, 11) is 0. The van der Waals surface area contributed by atoms with Gasteiger partial charge >= 0.3 is 0 Å². The smallest absolute Gasteiger partial charge is 0.259 e. The van der Waals surface area contributed by atoms with Crippen LogP contribution in [0.3, 0.4) is 0 Å². The van der Waals surface area contributed by atoms with Crippen molar-refractivity contribution in [1.82, 2.24) is 4.90 Å². The lowest BCUT2D eigenvalue weighted by molar-refractivity contribution is 0.0724. The molecule has 3 rings (SSSR count). The van der Waals surface area contributed by atoms with Crippen LogP contribution in [0.5, 0.6) is 5.75 Å². The number of nitrogens with zero attached hydrogens (tertiary/aromatic N) is 1. The van der Waals surface area contributed by atoms with Crippen LogP contribution in [-0.2, 0) is 0 Å². The van der Waals surface area contributed by atoms with Gasteiger partial charge in [-0.1, -0.05) is 29.8 Å². The van der Waals surface area contributed by atoms with Crippen molar-refractivity contribution in [2.45, 2.75) is 39.5 Å². The molecule has 1 saturated heterocycles. The summed E-state index contributed by atoms with van der Waals surface area (Å²) in [6.07, 6.45) is 4.24. The van der Waals surface area contributed by atoms with E-state index in [1.807, 2.05) is 11.0 Å². The second-order valence-corrected chi connectivity index (χ2v) is 8.97. The first-order valence-corrected chi connectivity index (χ1v) is 11.4. The number of piperidine rings is 1. The molecule has 30 heavy (non-hydrogen) atoms. The van der Waals surface area contributed by atoms with E-state index in [9.17, 15) is 9.59 Å². The molecule has 1 N–H and O–H groups in total. The van der Waals surface area contributed by atoms with E-state index in [0.29, 0.717) is 35.1 Å². The molecular formula is C24H29BrN2O3. The molecule has 0 unspecified atom stereocenters. The number of anilines is 1. The van der Waals surface area contributed by atoms with Crippen molar-refractivity contribution in [1.29, 1.82) is 0 Å². The number of nitrogens with one attached hydrogen (secondary N) is 1. The first-order chi connectivity index (χ1) is 14.4. The van der Waals surface area contributed by atoms with Crippen molar-refractivity contribution >= 4 is 33.4 Å². The van der Waals surface area contributed by atoms with Gasteiger partial charge in [-0.15, -0.1) is 0 Å². The summed E-state index contributed by atoms with van der Waals surface area (Å²) in [5, 5.41) is 2.91. The Kier molecular flexibility index (Phi) is 7.91. The summed E-state index contributed by atoms with van der Waals surface area (Å²) in [5.41, 5.74) is 1.76. The number of carbonyl (C=O) groups is 2. The van der Waals surface area contributed by atoms with Gasteiger partial charge in [0.05, 0.1) is 12.2 Å². The zero-order valence-corrected chi connectivity index (χ0v) is 19.2. The molecule has 2 aromatic rings. The van der Waals surface area contributed by atoms with E-state index < -0.39 is 0 Å². The quantitative estimate of drug-likeness (QED) is 0.557. The Balaban J connectivity index is 1.67. The summed E-state index contributed by atoms with van der Waals surface area (Å²) in [4.78, 5) is 27.4. The Morgan fingerprint density at radius 1 is 1.07 bits per heavy atom. The fourth-order valence-corrected chi connectivity index (χ4v) is 3.75. The molecule has 1 fully saturated rings. The van der Waals surface area contributed by atoms with Crippen molar-refractivity contribution in [2.24, 2.45) is 5.92 Å². The SMILES string of the molecule is CC(C)CCOc1ccc(Br)cc1C(=O)Nc1ccc(C(=O)N2CCCCC2)cc1. The van der Waals surface area contributed by atoms with E-state index in [1.54, 1.807) is 36.4 Å². The Morgan fingerprint density at radius 3 is 2.43 bits per heavy atom. The predicted molar refractivity (Wildman–Crippen MR) is 123 cm³/mol. The van der Waals surface area contributed by atoms with Crippen LogP contribution in [-0.4, -0.2) is 36.4 Å². The highest BCUT2D eigenvalue weighted by atomic mass is 79.9. The molecule has 6 heteroatoms. The number of amides is 2. The molecule has 160 valence electrons. The third kappa shape index (κ3) is 6.08. The van der Waals surface area contributed by atoms with E-state index >= 15 is 0 Å². The zero-order chi connectivity index (χ0) is 21.5. The molecular weight excluding hydrogens is 444 g/mol. The average molecular weight is 473 g/mol.